The maximum Gasteiger partial charge on any atom is 0.340 e. The minimum atomic E-state index is -2.49. The highest BCUT2D eigenvalue weighted by Crippen LogP contribution is 2.62. The summed E-state index contributed by atoms with van der Waals surface area (Å²) in [7, 11) is 10.1. The van der Waals surface area contributed by atoms with E-state index in [2.05, 4.69) is 0 Å². The molecule has 0 radical (unpaired) electrons. The second kappa shape index (κ2) is 39.1. The number of esters is 4. The van der Waals surface area contributed by atoms with Crippen LogP contribution in [0.15, 0.2) is 81.9 Å². The molecular formula is C85H125N3O21. The Hall–Kier alpha value is -6.80. The number of fused-ring (bicyclic) bond motifs is 7. The molecule has 3 N–H and O–H groups in total. The summed E-state index contributed by atoms with van der Waals surface area (Å²) in [5.74, 6) is -12.1. The third-order valence-corrected chi connectivity index (χ3v) is 24.8. The Morgan fingerprint density at radius 3 is 2.13 bits per heavy atom. The summed E-state index contributed by atoms with van der Waals surface area (Å²) in [5.41, 5.74) is -0.523. The molecule has 4 heterocycles. The van der Waals surface area contributed by atoms with Gasteiger partial charge in [0.2, 0.25) is 11.6 Å². The number of hydrogen-bond donors (Lipinski definition) is 3. The third-order valence-electron chi connectivity index (χ3n) is 24.8. The van der Waals surface area contributed by atoms with Crippen LogP contribution in [0.1, 0.15) is 210 Å². The monoisotopic (exact) mass is 1520 g/mol. The molecule has 0 aromatic heterocycles. The molecule has 2 bridgehead atoms. The molecule has 4 aliphatic carbocycles. The number of carbonyl (C=O) groups excluding carboxylic acids is 10. The van der Waals surface area contributed by atoms with Crippen LogP contribution < -0.4 is 0 Å². The Bertz CT molecular complexity index is 3540. The molecule has 24 heteroatoms. The molecule has 2 saturated carbocycles. The summed E-state index contributed by atoms with van der Waals surface area (Å²) in [4.78, 5) is 147. The number of nitrogens with zero attached hydrogens (tertiary/aromatic N) is 3. The van der Waals surface area contributed by atoms with Gasteiger partial charge in [0.25, 0.3) is 11.7 Å². The van der Waals surface area contributed by atoms with Gasteiger partial charge in [-0.1, -0.05) is 90.8 Å². The summed E-state index contributed by atoms with van der Waals surface area (Å²) in [6.07, 6.45) is 14.9. The summed E-state index contributed by atoms with van der Waals surface area (Å²) in [6, 6.07) is -1.21. The number of carbonyl (C=O) groups is 10. The van der Waals surface area contributed by atoms with Crippen LogP contribution in [0.2, 0.25) is 0 Å². The van der Waals surface area contributed by atoms with Gasteiger partial charge in [0, 0.05) is 126 Å². The van der Waals surface area contributed by atoms with E-state index in [-0.39, 0.29) is 116 Å². The lowest BCUT2D eigenvalue weighted by Gasteiger charge is -2.53. The normalized spacial score (nSPS) is 36.0. The molecule has 0 aromatic rings. The maximum absolute atomic E-state index is 14.8. The van der Waals surface area contributed by atoms with Gasteiger partial charge in [-0.05, 0) is 172 Å². The van der Waals surface area contributed by atoms with Gasteiger partial charge in [-0.3, -0.25) is 38.4 Å². The number of rotatable bonds is 21. The minimum Gasteiger partial charge on any atom is -0.504 e. The molecule has 1 amide bonds. The van der Waals surface area contributed by atoms with Crippen LogP contribution in [0.5, 0.6) is 0 Å². The predicted octanol–water partition coefficient (Wildman–Crippen LogP) is 10.8. The number of cyclic esters (lactones) is 2. The zero-order chi connectivity index (χ0) is 80.0. The topological polar surface area (TPSA) is 315 Å². The Labute approximate surface area is 645 Å². The van der Waals surface area contributed by atoms with Gasteiger partial charge in [0.1, 0.15) is 54.2 Å². The number of aliphatic hydroxyl groups is 3. The van der Waals surface area contributed by atoms with Crippen molar-refractivity contribution in [3.05, 3.63) is 81.9 Å². The van der Waals surface area contributed by atoms with E-state index in [1.54, 1.807) is 68.0 Å². The van der Waals surface area contributed by atoms with Gasteiger partial charge in [0.05, 0.1) is 29.8 Å². The van der Waals surface area contributed by atoms with Crippen molar-refractivity contribution in [3.8, 4) is 0 Å². The number of aliphatic hydroxyl groups excluding tert-OH is 2. The summed E-state index contributed by atoms with van der Waals surface area (Å²) < 4.78 is 48.3. The molecule has 5 fully saturated rings. The minimum absolute atomic E-state index is 0.00781. The first kappa shape index (κ1) is 87.8. The maximum atomic E-state index is 14.8. The average molecular weight is 1520 g/mol. The van der Waals surface area contributed by atoms with E-state index in [9.17, 15) is 63.3 Å². The Morgan fingerprint density at radius 1 is 0.780 bits per heavy atom. The lowest BCUT2D eigenvalue weighted by molar-refractivity contribution is -0.265. The first-order chi connectivity index (χ1) is 51.6. The number of ether oxygens (including phenoxy) is 8. The van der Waals surface area contributed by atoms with Gasteiger partial charge in [-0.25, -0.2) is 9.59 Å². The van der Waals surface area contributed by atoms with Crippen molar-refractivity contribution in [2.24, 2.45) is 52.3 Å². The molecule has 8 aliphatic rings. The molecule has 0 spiro atoms. The van der Waals surface area contributed by atoms with E-state index >= 15 is 0 Å². The predicted molar refractivity (Wildman–Crippen MR) is 406 cm³/mol. The molecule has 109 heavy (non-hydrogen) atoms. The molecule has 24 nitrogen and oxygen atoms in total. The quantitative estimate of drug-likeness (QED) is 0.0240. The number of Topliss-reactive ketones (excluding diaryl/α,β-unsaturated/α-hetero) is 5. The standard InChI is InChI=1S/C85H125N3O21/c1-50-26-19-18-20-27-51(2)64(103-14)45-59-34-31-56(7)85(101,109-59)79(97)80(98)88-41-24-23-28-62(88)82(100)107-65(46-63(89)52(3)43-55(6)75(94)78(104-15)74(93)54(5)42-50)53(4)44-57-32-35-58(36-33-57)105-69(91)29-21-16-17-22-30-70(92)106-66-47-83(8)61(37-38-67(83)90)71-73(66)84(9)68(49-102-13)108-81(99)60(72(84)77(96)76(71)95)48-87(12)40-25-39-86(10)11/h18-20,26-27,43,48,50,52-54,56-59,61-62,64-66,68,75,78,94,96,101H,16-17,21-25,28-42,44-47,49H2,1-15H3/b20-18+,26-19+,51-27+,55-43+,60-48+/t50-,52-,53-,54-,56-,57?,58?,59+,61+,62?,64+,65+,66-,68-,75-,78+,83+,84+,85-/m1/s1. The van der Waals surface area contributed by atoms with Crippen LogP contribution in [0.25, 0.3) is 0 Å². The fourth-order valence-corrected chi connectivity index (χ4v) is 18.1. The van der Waals surface area contributed by atoms with Gasteiger partial charge in [-0.15, -0.1) is 0 Å². The van der Waals surface area contributed by atoms with Gasteiger partial charge in [0.15, 0.2) is 11.5 Å². The van der Waals surface area contributed by atoms with E-state index in [1.165, 1.54) is 19.1 Å². The van der Waals surface area contributed by atoms with Crippen molar-refractivity contribution >= 4 is 58.7 Å². The van der Waals surface area contributed by atoms with E-state index in [0.29, 0.717) is 114 Å². The van der Waals surface area contributed by atoms with Crippen molar-refractivity contribution in [1.82, 2.24) is 14.7 Å². The molecule has 3 saturated heterocycles. The highest BCUT2D eigenvalue weighted by molar-refractivity contribution is 6.39. The van der Waals surface area contributed by atoms with Crippen molar-refractivity contribution in [1.29, 1.82) is 0 Å². The largest absolute Gasteiger partial charge is 0.504 e. The second-order valence-electron chi connectivity index (χ2n) is 33.3. The Kier molecular flexibility index (Phi) is 31.5. The van der Waals surface area contributed by atoms with Crippen LogP contribution in [0, 0.1) is 52.3 Å². The highest BCUT2D eigenvalue weighted by Gasteiger charge is 2.65. The van der Waals surface area contributed by atoms with Gasteiger partial charge < -0.3 is 67.9 Å². The van der Waals surface area contributed by atoms with Crippen molar-refractivity contribution in [2.45, 2.75) is 271 Å². The first-order valence-electron chi connectivity index (χ1n) is 40.0. The number of unbranched alkanes of at least 4 members (excludes halogenated alkanes) is 3. The molecule has 606 valence electrons. The van der Waals surface area contributed by atoms with E-state index in [0.717, 1.165) is 18.5 Å². The van der Waals surface area contributed by atoms with Crippen LogP contribution in [-0.2, 0) is 85.8 Å². The molecule has 1 unspecified atom stereocenters. The zero-order valence-electron chi connectivity index (χ0n) is 67.4. The average Bonchev–Trinajstić information content (AvgIpc) is 1.66. The van der Waals surface area contributed by atoms with E-state index in [4.69, 9.17) is 37.9 Å². The van der Waals surface area contributed by atoms with E-state index in [1.807, 2.05) is 75.0 Å². The SMILES string of the molecule is COC[C@H]1OC(=O)/C(=C/N(C)CCCN(C)C)C2=C(O)C(=O)C3=C([C@H](OC(=O)CCCCCCC(=O)OC4CCC(C[C@@H](C)[C@@H]5CC(=O)[C@H](C)/C=C(\C)[C@@H](O)[C@@H](OC)C(=O)[C@H](C)C[C@H](C)/C=C/C=C/C=C(\C)[C@@H](OC)C[C@@H]6CC[C@@H](C)[C@@](O)(O6)C(=O)C(=O)N6CCCCC6C(=O)O5)CC4)C[C@]4(C)C(=O)CC[C@@H]34)[C@]21C. The fourth-order valence-electron chi connectivity index (χ4n) is 18.1. The highest BCUT2D eigenvalue weighted by atomic mass is 16.6. The summed E-state index contributed by atoms with van der Waals surface area (Å²) in [6.45, 7) is 17.4. The number of piperidine rings is 1. The molecule has 17 atom stereocenters. The fraction of sp³-hybridized carbons (Fsp3) is 0.718. The number of amides is 1. The van der Waals surface area contributed by atoms with Crippen LogP contribution in [0.4, 0.5) is 0 Å². The smallest absolute Gasteiger partial charge is 0.340 e. The number of allylic oxidation sites excluding steroid dienone is 7. The van der Waals surface area contributed by atoms with E-state index < -0.39 is 136 Å². The van der Waals surface area contributed by atoms with Gasteiger partial charge >= 0.3 is 23.9 Å². The van der Waals surface area contributed by atoms with Crippen LogP contribution >= 0.6 is 0 Å². The van der Waals surface area contributed by atoms with Crippen molar-refractivity contribution in [3.63, 3.8) is 0 Å². The molecule has 0 aromatic carbocycles. The number of ketones is 5. The lowest BCUT2D eigenvalue weighted by atomic mass is 9.53. The zero-order valence-corrected chi connectivity index (χ0v) is 67.4. The van der Waals surface area contributed by atoms with Crippen molar-refractivity contribution in [2.75, 3.05) is 68.7 Å². The second-order valence-corrected chi connectivity index (χ2v) is 33.3. The third kappa shape index (κ3) is 20.9. The summed E-state index contributed by atoms with van der Waals surface area (Å²) >= 11 is 0. The van der Waals surface area contributed by atoms with Gasteiger partial charge in [-0.2, -0.15) is 0 Å². The summed E-state index contributed by atoms with van der Waals surface area (Å²) in [5, 5.41) is 35.8. The lowest BCUT2D eigenvalue weighted by Crippen LogP contribution is -2.61. The Morgan fingerprint density at radius 2 is 1.47 bits per heavy atom. The Balaban J connectivity index is 0.889. The van der Waals surface area contributed by atoms with Crippen LogP contribution in [-0.4, -0.2) is 218 Å². The molecular weight excluding hydrogens is 1400 g/mol. The number of methoxy groups -OCH3 is 3. The number of hydrogen-bond acceptors (Lipinski definition) is 23. The molecule has 4 aliphatic heterocycles. The van der Waals surface area contributed by atoms with Crippen LogP contribution in [0.3, 0.4) is 0 Å². The molecule has 8 rings (SSSR count). The van der Waals surface area contributed by atoms with Crippen molar-refractivity contribution < 1.29 is 101 Å². The first-order valence-corrected chi connectivity index (χ1v) is 40.0.